The van der Waals surface area contributed by atoms with Crippen LogP contribution in [0, 0.1) is 0 Å². The van der Waals surface area contributed by atoms with E-state index in [2.05, 4.69) is 10.6 Å². The minimum absolute atomic E-state index is 0.284. The van der Waals surface area contributed by atoms with Gasteiger partial charge in [-0.2, -0.15) is 0 Å². The fourth-order valence-electron chi connectivity index (χ4n) is 3.96. The molecule has 2 aromatic carbocycles. The number of ether oxygens (including phenoxy) is 2. The number of hydrogen-bond acceptors (Lipinski definition) is 5. The Morgan fingerprint density at radius 1 is 0.970 bits per heavy atom. The summed E-state index contributed by atoms with van der Waals surface area (Å²) in [5.74, 6) is 1.12. The summed E-state index contributed by atoms with van der Waals surface area (Å²) >= 11 is 7.24. The number of carbonyl (C=O) groups is 1. The van der Waals surface area contributed by atoms with Crippen molar-refractivity contribution < 1.29 is 14.3 Å². The molecule has 0 aliphatic heterocycles. The maximum Gasteiger partial charge on any atom is 0.341 e. The number of aryl methyl sites for hydroxylation is 1. The summed E-state index contributed by atoms with van der Waals surface area (Å²) in [5, 5.41) is 7.65. The van der Waals surface area contributed by atoms with Gasteiger partial charge in [-0.05, 0) is 74.7 Å². The third-order valence-corrected chi connectivity index (χ3v) is 6.90. The second-order valence-corrected chi connectivity index (χ2v) is 9.35. The first-order valence-corrected chi connectivity index (χ1v) is 12.6. The summed E-state index contributed by atoms with van der Waals surface area (Å²) in [6.45, 7) is 2.17. The lowest BCUT2D eigenvalue weighted by Crippen LogP contribution is -2.20. The van der Waals surface area contributed by atoms with E-state index in [1.165, 1.54) is 17.7 Å². The fourth-order valence-corrected chi connectivity index (χ4v) is 5.52. The Bertz CT molecular complexity index is 1110. The highest BCUT2D eigenvalue weighted by atomic mass is 32.1. The van der Waals surface area contributed by atoms with E-state index in [-0.39, 0.29) is 5.97 Å². The Kier molecular flexibility index (Phi) is 7.96. The Balaban J connectivity index is 1.55. The first-order valence-electron chi connectivity index (χ1n) is 11.4. The van der Waals surface area contributed by atoms with Crippen LogP contribution >= 0.6 is 23.6 Å². The van der Waals surface area contributed by atoms with Gasteiger partial charge in [0.15, 0.2) is 10.9 Å². The second kappa shape index (κ2) is 11.3. The molecule has 1 heterocycles. The molecule has 7 heteroatoms. The van der Waals surface area contributed by atoms with Gasteiger partial charge in [-0.25, -0.2) is 4.79 Å². The summed E-state index contributed by atoms with van der Waals surface area (Å²) in [4.78, 5) is 14.1. The Labute approximate surface area is 204 Å². The van der Waals surface area contributed by atoms with Crippen LogP contribution < -0.4 is 15.4 Å². The molecule has 0 spiro atoms. The van der Waals surface area contributed by atoms with Gasteiger partial charge in [0.1, 0.15) is 10.8 Å². The summed E-state index contributed by atoms with van der Waals surface area (Å²) in [6, 6.07) is 17.2. The van der Waals surface area contributed by atoms with E-state index in [1.807, 2.05) is 61.5 Å². The average Bonchev–Trinajstić information content (AvgIpc) is 3.11. The second-order valence-electron chi connectivity index (χ2n) is 7.83. The Morgan fingerprint density at radius 3 is 2.48 bits per heavy atom. The third kappa shape index (κ3) is 5.92. The number of thiocarbonyl (C=S) groups is 1. The van der Waals surface area contributed by atoms with Crippen LogP contribution in [0.5, 0.6) is 11.5 Å². The van der Waals surface area contributed by atoms with E-state index >= 15 is 0 Å². The standard InChI is InChI=1S/C26H28N2O3S2/c1-2-30-25(29)23-19-14-8-3-4-9-17-22(19)33-24(23)28-26(32)27-20-15-10-11-16-21(20)31-18-12-6-5-7-13-18/h5-7,10-13,15-16H,2-4,8-9,14,17H2,1H3,(H2,27,28,32). The maximum atomic E-state index is 12.9. The third-order valence-electron chi connectivity index (χ3n) is 5.48. The molecule has 1 aliphatic rings. The smallest absolute Gasteiger partial charge is 0.341 e. The zero-order valence-corrected chi connectivity index (χ0v) is 20.3. The van der Waals surface area contributed by atoms with E-state index in [9.17, 15) is 4.79 Å². The van der Waals surface area contributed by atoms with Crippen LogP contribution in [-0.2, 0) is 17.6 Å². The molecule has 0 bridgehead atoms. The summed E-state index contributed by atoms with van der Waals surface area (Å²) < 4.78 is 11.4. The first kappa shape index (κ1) is 23.3. The SMILES string of the molecule is CCOC(=O)c1c(NC(=S)Nc2ccccc2Oc2ccccc2)sc2c1CCCCCC2. The van der Waals surface area contributed by atoms with Crippen LogP contribution in [0.25, 0.3) is 0 Å². The average molecular weight is 481 g/mol. The van der Waals surface area contributed by atoms with E-state index in [1.54, 1.807) is 11.3 Å². The van der Waals surface area contributed by atoms with Crippen LogP contribution in [0.4, 0.5) is 10.7 Å². The molecule has 2 N–H and O–H groups in total. The van der Waals surface area contributed by atoms with Crippen molar-refractivity contribution in [2.24, 2.45) is 0 Å². The number of para-hydroxylation sites is 3. The predicted molar refractivity (Wildman–Crippen MR) is 139 cm³/mol. The molecule has 3 aromatic rings. The number of fused-ring (bicyclic) bond motifs is 1. The van der Waals surface area contributed by atoms with E-state index in [0.717, 1.165) is 47.7 Å². The molecular weight excluding hydrogens is 452 g/mol. The number of anilines is 2. The van der Waals surface area contributed by atoms with Crippen LogP contribution in [0.1, 0.15) is 53.4 Å². The highest BCUT2D eigenvalue weighted by molar-refractivity contribution is 7.80. The first-order chi connectivity index (χ1) is 16.2. The van der Waals surface area contributed by atoms with E-state index in [0.29, 0.717) is 23.0 Å². The van der Waals surface area contributed by atoms with Crippen molar-refractivity contribution in [3.63, 3.8) is 0 Å². The van der Waals surface area contributed by atoms with Gasteiger partial charge in [0.05, 0.1) is 17.9 Å². The minimum atomic E-state index is -0.284. The van der Waals surface area contributed by atoms with Gasteiger partial charge in [0, 0.05) is 4.88 Å². The molecule has 4 rings (SSSR count). The van der Waals surface area contributed by atoms with Crippen molar-refractivity contribution in [1.82, 2.24) is 0 Å². The van der Waals surface area contributed by atoms with Gasteiger partial charge >= 0.3 is 5.97 Å². The van der Waals surface area contributed by atoms with Gasteiger partial charge in [0.2, 0.25) is 0 Å². The summed E-state index contributed by atoms with van der Waals surface area (Å²) in [7, 11) is 0. The summed E-state index contributed by atoms with van der Waals surface area (Å²) in [6.07, 6.45) is 6.54. The minimum Gasteiger partial charge on any atom is -0.462 e. The van der Waals surface area contributed by atoms with Gasteiger partial charge in [0.25, 0.3) is 0 Å². The topological polar surface area (TPSA) is 59.6 Å². The van der Waals surface area contributed by atoms with Gasteiger partial charge in [-0.3, -0.25) is 0 Å². The highest BCUT2D eigenvalue weighted by Gasteiger charge is 2.25. The largest absolute Gasteiger partial charge is 0.462 e. The normalized spacial score (nSPS) is 13.2. The molecule has 0 fully saturated rings. The molecular formula is C26H28N2O3S2. The molecule has 0 amide bonds. The lowest BCUT2D eigenvalue weighted by Gasteiger charge is -2.15. The number of thiophene rings is 1. The fraction of sp³-hybridized carbons (Fsp3) is 0.308. The van der Waals surface area contributed by atoms with Crippen LogP contribution in [-0.4, -0.2) is 17.7 Å². The van der Waals surface area contributed by atoms with Crippen molar-refractivity contribution >= 4 is 45.3 Å². The van der Waals surface area contributed by atoms with E-state index in [4.69, 9.17) is 21.7 Å². The molecule has 1 aromatic heterocycles. The number of hydrogen-bond donors (Lipinski definition) is 2. The van der Waals surface area contributed by atoms with Crippen molar-refractivity contribution in [3.05, 3.63) is 70.6 Å². The summed E-state index contributed by atoms with van der Waals surface area (Å²) in [5.41, 5.74) is 2.50. The van der Waals surface area contributed by atoms with Gasteiger partial charge in [-0.1, -0.05) is 43.2 Å². The van der Waals surface area contributed by atoms with Crippen LogP contribution in [0.3, 0.4) is 0 Å². The number of esters is 1. The molecule has 0 unspecified atom stereocenters. The lowest BCUT2D eigenvalue weighted by atomic mass is 9.96. The number of carbonyl (C=O) groups excluding carboxylic acids is 1. The monoisotopic (exact) mass is 480 g/mol. The number of nitrogens with one attached hydrogen (secondary N) is 2. The molecule has 1 aliphatic carbocycles. The molecule has 0 saturated heterocycles. The van der Waals surface area contributed by atoms with Gasteiger partial charge in [-0.15, -0.1) is 11.3 Å². The maximum absolute atomic E-state index is 12.9. The molecule has 0 atom stereocenters. The number of rotatable bonds is 6. The van der Waals surface area contributed by atoms with E-state index < -0.39 is 0 Å². The molecule has 0 radical (unpaired) electrons. The lowest BCUT2D eigenvalue weighted by molar-refractivity contribution is 0.0526. The Hall–Kier alpha value is -2.90. The van der Waals surface area contributed by atoms with Crippen LogP contribution in [0.15, 0.2) is 54.6 Å². The quantitative estimate of drug-likeness (QED) is 0.288. The van der Waals surface area contributed by atoms with Gasteiger partial charge < -0.3 is 20.1 Å². The zero-order chi connectivity index (χ0) is 23.0. The van der Waals surface area contributed by atoms with Crippen molar-refractivity contribution in [1.29, 1.82) is 0 Å². The molecule has 5 nitrogen and oxygen atoms in total. The molecule has 0 saturated carbocycles. The highest BCUT2D eigenvalue weighted by Crippen LogP contribution is 2.38. The molecule has 172 valence electrons. The number of benzene rings is 2. The predicted octanol–water partition coefficient (Wildman–Crippen LogP) is 7.19. The zero-order valence-electron chi connectivity index (χ0n) is 18.7. The van der Waals surface area contributed by atoms with Crippen molar-refractivity contribution in [3.8, 4) is 11.5 Å². The molecule has 33 heavy (non-hydrogen) atoms. The van der Waals surface area contributed by atoms with Crippen LogP contribution in [0.2, 0.25) is 0 Å². The Morgan fingerprint density at radius 2 is 1.70 bits per heavy atom. The van der Waals surface area contributed by atoms with Crippen molar-refractivity contribution in [2.75, 3.05) is 17.2 Å². The van der Waals surface area contributed by atoms with Crippen molar-refractivity contribution in [2.45, 2.75) is 45.4 Å².